The number of H-pyrrole nitrogens is 1. The minimum Gasteiger partial charge on any atom is -0.354 e. The van der Waals surface area contributed by atoms with Gasteiger partial charge in [-0.15, -0.1) is 0 Å². The van der Waals surface area contributed by atoms with Crippen LogP contribution in [-0.2, 0) is 0 Å². The van der Waals surface area contributed by atoms with Crippen LogP contribution in [0.4, 0.5) is 0 Å². The van der Waals surface area contributed by atoms with Crippen molar-refractivity contribution in [2.45, 2.75) is 0 Å². The topological polar surface area (TPSA) is 15.8 Å². The average Bonchev–Trinajstić information content (AvgIpc) is 2.85. The molecule has 1 nitrogen and oxygen atoms in total. The molecule has 0 spiro atoms. The second kappa shape index (κ2) is 4.39. The summed E-state index contributed by atoms with van der Waals surface area (Å²) in [5.74, 6) is 0. The summed E-state index contributed by atoms with van der Waals surface area (Å²) >= 11 is 6.28. The minimum absolute atomic E-state index is 0.753. The molecule has 20 heavy (non-hydrogen) atoms. The zero-order chi connectivity index (χ0) is 13.5. The summed E-state index contributed by atoms with van der Waals surface area (Å²) in [7, 11) is 0. The summed E-state index contributed by atoms with van der Waals surface area (Å²) in [6.45, 7) is 0. The molecule has 4 aromatic rings. The highest BCUT2D eigenvalue weighted by Gasteiger charge is 2.11. The lowest BCUT2D eigenvalue weighted by atomic mass is 9.99. The van der Waals surface area contributed by atoms with Crippen molar-refractivity contribution in [2.24, 2.45) is 0 Å². The Morgan fingerprint density at radius 1 is 0.750 bits per heavy atom. The Hall–Kier alpha value is -2.25. The Balaban J connectivity index is 2.19. The van der Waals surface area contributed by atoms with Gasteiger partial charge in [-0.25, -0.2) is 0 Å². The van der Waals surface area contributed by atoms with Crippen molar-refractivity contribution < 1.29 is 0 Å². The number of benzene rings is 3. The first-order chi connectivity index (χ1) is 9.83. The quantitative estimate of drug-likeness (QED) is 0.463. The molecule has 0 bridgehead atoms. The van der Waals surface area contributed by atoms with Crippen LogP contribution in [-0.4, -0.2) is 4.98 Å². The van der Waals surface area contributed by atoms with Gasteiger partial charge in [0, 0.05) is 26.8 Å². The number of hydrogen-bond acceptors (Lipinski definition) is 0. The van der Waals surface area contributed by atoms with Gasteiger partial charge < -0.3 is 4.98 Å². The summed E-state index contributed by atoms with van der Waals surface area (Å²) in [4.78, 5) is 3.44. The van der Waals surface area contributed by atoms with E-state index in [9.17, 15) is 0 Å². The van der Waals surface area contributed by atoms with Gasteiger partial charge in [0.15, 0.2) is 0 Å². The van der Waals surface area contributed by atoms with E-state index in [2.05, 4.69) is 47.4 Å². The molecule has 0 saturated heterocycles. The lowest BCUT2D eigenvalue weighted by molar-refractivity contribution is 1.54. The Labute approximate surface area is 121 Å². The number of nitrogens with one attached hydrogen (secondary N) is 1. The van der Waals surface area contributed by atoms with Gasteiger partial charge in [-0.1, -0.05) is 60.1 Å². The number of para-hydroxylation sites is 1. The van der Waals surface area contributed by atoms with Crippen molar-refractivity contribution in [2.75, 3.05) is 0 Å². The smallest absolute Gasteiger partial charge is 0.0486 e. The molecule has 0 unspecified atom stereocenters. The summed E-state index contributed by atoms with van der Waals surface area (Å²) in [6.07, 6.45) is 0. The Morgan fingerprint density at radius 2 is 1.50 bits per heavy atom. The third-order valence-electron chi connectivity index (χ3n) is 3.65. The van der Waals surface area contributed by atoms with Gasteiger partial charge in [-0.05, 0) is 29.3 Å². The van der Waals surface area contributed by atoms with Crippen LogP contribution in [0.5, 0.6) is 0 Å². The molecule has 1 aromatic heterocycles. The second-order valence-electron chi connectivity index (χ2n) is 4.91. The van der Waals surface area contributed by atoms with E-state index in [0.717, 1.165) is 16.1 Å². The number of hydrogen-bond donors (Lipinski definition) is 1. The van der Waals surface area contributed by atoms with Crippen molar-refractivity contribution >= 4 is 33.4 Å². The fraction of sp³-hybridized carbons (Fsp3) is 0. The standard InChI is InChI=1S/C18H12ClN/c19-13-10-15(12-6-2-1-3-7-12)18-14-8-4-5-9-16(14)20-17(18)11-13/h1-11,20H. The van der Waals surface area contributed by atoms with Crippen LogP contribution in [0.3, 0.4) is 0 Å². The molecule has 0 radical (unpaired) electrons. The lowest BCUT2D eigenvalue weighted by Crippen LogP contribution is -1.80. The minimum atomic E-state index is 0.753. The molecule has 0 aliphatic heterocycles. The van der Waals surface area contributed by atoms with E-state index < -0.39 is 0 Å². The Bertz CT molecular complexity index is 907. The molecule has 0 atom stereocenters. The molecular weight excluding hydrogens is 266 g/mol. The third kappa shape index (κ3) is 1.71. The fourth-order valence-electron chi connectivity index (χ4n) is 2.80. The van der Waals surface area contributed by atoms with Crippen LogP contribution in [0, 0.1) is 0 Å². The predicted molar refractivity (Wildman–Crippen MR) is 86.3 cm³/mol. The molecule has 96 valence electrons. The maximum absolute atomic E-state index is 6.28. The second-order valence-corrected chi connectivity index (χ2v) is 5.35. The summed E-state index contributed by atoms with van der Waals surface area (Å²) in [6, 6.07) is 22.8. The zero-order valence-corrected chi connectivity index (χ0v) is 11.5. The molecule has 0 aliphatic carbocycles. The number of aromatic nitrogens is 1. The lowest BCUT2D eigenvalue weighted by Gasteiger charge is -2.05. The first-order valence-corrected chi connectivity index (χ1v) is 6.96. The summed E-state index contributed by atoms with van der Waals surface area (Å²) in [5, 5.41) is 3.22. The fourth-order valence-corrected chi connectivity index (χ4v) is 3.01. The van der Waals surface area contributed by atoms with Crippen LogP contribution in [0.15, 0.2) is 66.7 Å². The molecular formula is C18H12ClN. The van der Waals surface area contributed by atoms with Crippen LogP contribution in [0.25, 0.3) is 32.9 Å². The highest BCUT2D eigenvalue weighted by molar-refractivity contribution is 6.32. The molecule has 0 amide bonds. The van der Waals surface area contributed by atoms with Gasteiger partial charge in [0.1, 0.15) is 0 Å². The summed E-state index contributed by atoms with van der Waals surface area (Å²) < 4.78 is 0. The Kier molecular flexibility index (Phi) is 2.54. The van der Waals surface area contributed by atoms with Crippen LogP contribution in [0.1, 0.15) is 0 Å². The van der Waals surface area contributed by atoms with E-state index in [1.165, 1.54) is 21.9 Å². The molecule has 4 rings (SSSR count). The van der Waals surface area contributed by atoms with E-state index >= 15 is 0 Å². The number of aromatic amines is 1. The highest BCUT2D eigenvalue weighted by atomic mass is 35.5. The normalized spacial score (nSPS) is 11.2. The van der Waals surface area contributed by atoms with E-state index in [4.69, 9.17) is 11.6 Å². The highest BCUT2D eigenvalue weighted by Crippen LogP contribution is 2.36. The van der Waals surface area contributed by atoms with Crippen LogP contribution < -0.4 is 0 Å². The number of rotatable bonds is 1. The van der Waals surface area contributed by atoms with E-state index in [1.54, 1.807) is 0 Å². The van der Waals surface area contributed by atoms with Gasteiger partial charge in [0.25, 0.3) is 0 Å². The van der Waals surface area contributed by atoms with Crippen molar-refractivity contribution in [3.63, 3.8) is 0 Å². The number of halogens is 1. The maximum Gasteiger partial charge on any atom is 0.0486 e. The van der Waals surface area contributed by atoms with Crippen molar-refractivity contribution in [1.29, 1.82) is 0 Å². The van der Waals surface area contributed by atoms with E-state index in [1.807, 2.05) is 24.3 Å². The first-order valence-electron chi connectivity index (χ1n) is 6.58. The largest absolute Gasteiger partial charge is 0.354 e. The van der Waals surface area contributed by atoms with E-state index in [-0.39, 0.29) is 0 Å². The molecule has 1 N–H and O–H groups in total. The Morgan fingerprint density at radius 3 is 2.35 bits per heavy atom. The third-order valence-corrected chi connectivity index (χ3v) is 3.87. The monoisotopic (exact) mass is 277 g/mol. The first kappa shape index (κ1) is 11.6. The molecule has 2 heteroatoms. The number of fused-ring (bicyclic) bond motifs is 3. The van der Waals surface area contributed by atoms with Gasteiger partial charge in [-0.2, -0.15) is 0 Å². The maximum atomic E-state index is 6.28. The SMILES string of the molecule is Clc1cc(-c2ccccc2)c2c(c1)[nH]c1ccccc12. The van der Waals surface area contributed by atoms with Gasteiger partial charge in [0.05, 0.1) is 0 Å². The average molecular weight is 278 g/mol. The molecule has 1 heterocycles. The summed E-state index contributed by atoms with van der Waals surface area (Å²) in [5.41, 5.74) is 4.58. The van der Waals surface area contributed by atoms with Crippen molar-refractivity contribution in [1.82, 2.24) is 4.98 Å². The molecule has 0 fully saturated rings. The molecule has 0 aliphatic rings. The molecule has 3 aromatic carbocycles. The van der Waals surface area contributed by atoms with Gasteiger partial charge in [-0.3, -0.25) is 0 Å². The molecule has 0 saturated carbocycles. The van der Waals surface area contributed by atoms with Crippen molar-refractivity contribution in [3.05, 3.63) is 71.8 Å². The predicted octanol–water partition coefficient (Wildman–Crippen LogP) is 5.64. The van der Waals surface area contributed by atoms with Gasteiger partial charge in [0.2, 0.25) is 0 Å². The van der Waals surface area contributed by atoms with Crippen LogP contribution >= 0.6 is 11.6 Å². The van der Waals surface area contributed by atoms with Gasteiger partial charge >= 0.3 is 0 Å². The zero-order valence-electron chi connectivity index (χ0n) is 10.7. The van der Waals surface area contributed by atoms with Crippen molar-refractivity contribution in [3.8, 4) is 11.1 Å². The van der Waals surface area contributed by atoms with E-state index in [0.29, 0.717) is 0 Å². The van der Waals surface area contributed by atoms with Crippen LogP contribution in [0.2, 0.25) is 5.02 Å².